The van der Waals surface area contributed by atoms with Crippen LogP contribution in [0.25, 0.3) is 0 Å². The van der Waals surface area contributed by atoms with Gasteiger partial charge in [-0.3, -0.25) is 9.69 Å². The Labute approximate surface area is 132 Å². The second-order valence-electron chi connectivity index (χ2n) is 5.38. The van der Waals surface area contributed by atoms with Gasteiger partial charge in [0.25, 0.3) is 0 Å². The third-order valence-electron chi connectivity index (χ3n) is 3.51. The Morgan fingerprint density at radius 1 is 1.36 bits per heavy atom. The highest BCUT2D eigenvalue weighted by molar-refractivity contribution is 5.70. The lowest BCUT2D eigenvalue weighted by Gasteiger charge is -2.29. The predicted octanol–water partition coefficient (Wildman–Crippen LogP) is 1.21. The Morgan fingerprint density at radius 2 is 1.95 bits per heavy atom. The Bertz CT molecular complexity index is 454. The first-order valence-corrected chi connectivity index (χ1v) is 7.38. The lowest BCUT2D eigenvalue weighted by Crippen LogP contribution is -2.35. The molecule has 1 saturated heterocycles. The van der Waals surface area contributed by atoms with Gasteiger partial charge < -0.3 is 15.8 Å². The zero-order valence-electron chi connectivity index (χ0n) is 13.1. The van der Waals surface area contributed by atoms with Gasteiger partial charge in [0, 0.05) is 26.0 Å². The summed E-state index contributed by atoms with van der Waals surface area (Å²) in [5.41, 5.74) is 6.23. The first-order chi connectivity index (χ1) is 10.5. The molecule has 0 bridgehead atoms. The molecule has 122 valence electrons. The highest BCUT2D eigenvalue weighted by atomic mass is 16.4. The molecule has 0 saturated carbocycles. The van der Waals surface area contributed by atoms with Crippen molar-refractivity contribution in [3.8, 4) is 0 Å². The molecule has 2 rings (SSSR count). The average Bonchev–Trinajstić information content (AvgIpc) is 2.49. The minimum atomic E-state index is -0.639. The van der Waals surface area contributed by atoms with Crippen LogP contribution in [0.5, 0.6) is 0 Å². The number of likely N-dealkylation sites (tertiary alicyclic amines) is 1. The van der Waals surface area contributed by atoms with E-state index in [1.165, 1.54) is 16.8 Å². The molecule has 1 aromatic rings. The highest BCUT2D eigenvalue weighted by Crippen LogP contribution is 2.18. The fourth-order valence-corrected chi connectivity index (χ4v) is 2.32. The first kappa shape index (κ1) is 18.0. The van der Waals surface area contributed by atoms with Crippen molar-refractivity contribution in [2.75, 3.05) is 20.1 Å². The van der Waals surface area contributed by atoms with Crippen molar-refractivity contribution >= 4 is 5.97 Å². The molecule has 0 aromatic heterocycles. The summed E-state index contributed by atoms with van der Waals surface area (Å²) in [7, 11) is 1.70. The second kappa shape index (κ2) is 9.81. The number of hydrogen-bond acceptors (Lipinski definition) is 5. The Kier molecular flexibility index (Phi) is 8.03. The number of nitrogens with zero attached hydrogens (tertiary/aromatic N) is 2. The van der Waals surface area contributed by atoms with Gasteiger partial charge in [-0.25, -0.2) is 5.84 Å². The summed E-state index contributed by atoms with van der Waals surface area (Å²) in [6.07, 6.45) is 4.49. The number of nitrogens with two attached hydrogens (primary N) is 2. The van der Waals surface area contributed by atoms with Gasteiger partial charge in [-0.15, -0.1) is 0 Å². The van der Waals surface area contributed by atoms with Crippen LogP contribution in [0.4, 0.5) is 0 Å². The molecule has 6 nitrogen and oxygen atoms in total. The second-order valence-corrected chi connectivity index (χ2v) is 5.38. The number of hydrazine groups is 1. The number of hydrogen-bond donors (Lipinski definition) is 3. The van der Waals surface area contributed by atoms with E-state index in [1.54, 1.807) is 13.2 Å². The third kappa shape index (κ3) is 7.10. The molecule has 1 aliphatic rings. The maximum absolute atomic E-state index is 10.8. The van der Waals surface area contributed by atoms with E-state index in [2.05, 4.69) is 17.0 Å². The van der Waals surface area contributed by atoms with E-state index < -0.39 is 5.97 Å². The minimum absolute atomic E-state index is 0.132. The van der Waals surface area contributed by atoms with E-state index in [0.717, 1.165) is 32.5 Å². The number of aliphatic carboxylic acids is 1. The molecule has 1 fully saturated rings. The van der Waals surface area contributed by atoms with Crippen LogP contribution in [0.1, 0.15) is 18.4 Å². The summed E-state index contributed by atoms with van der Waals surface area (Å²) in [5, 5.41) is 10.3. The quantitative estimate of drug-likeness (QED) is 0.571. The van der Waals surface area contributed by atoms with Crippen molar-refractivity contribution in [1.82, 2.24) is 9.91 Å². The van der Waals surface area contributed by atoms with E-state index in [9.17, 15) is 4.79 Å². The number of carboxylic acids is 1. The standard InChI is InChI=1S/C13H17NO2.C3H9N3/c15-13(16)12-6-8-14(9-7-12)10-11-4-2-1-3-5-11;1-6(5)3-2-4/h1-5,12H,6-10H2,(H,15,16);2-3H,4-5H2,1H3/b;3-2-. The molecule has 0 atom stereocenters. The van der Waals surface area contributed by atoms with Gasteiger partial charge in [-0.2, -0.15) is 0 Å². The van der Waals surface area contributed by atoms with Crippen LogP contribution in [0, 0.1) is 5.92 Å². The maximum atomic E-state index is 10.8. The minimum Gasteiger partial charge on any atom is -0.481 e. The maximum Gasteiger partial charge on any atom is 0.306 e. The monoisotopic (exact) mass is 306 g/mol. The summed E-state index contributed by atoms with van der Waals surface area (Å²) >= 11 is 0. The first-order valence-electron chi connectivity index (χ1n) is 7.38. The molecule has 6 heteroatoms. The van der Waals surface area contributed by atoms with E-state index in [1.807, 2.05) is 18.2 Å². The SMILES string of the molecule is CN(N)/C=C\N.O=C(O)C1CCN(Cc2ccccc2)CC1. The molecule has 1 aliphatic heterocycles. The number of rotatable bonds is 4. The highest BCUT2D eigenvalue weighted by Gasteiger charge is 2.24. The Balaban J connectivity index is 0.000000346. The molecule has 0 radical (unpaired) electrons. The molecule has 0 spiro atoms. The van der Waals surface area contributed by atoms with Gasteiger partial charge in [-0.05, 0) is 31.5 Å². The van der Waals surface area contributed by atoms with Crippen LogP contribution in [-0.2, 0) is 11.3 Å². The molecule has 0 unspecified atom stereocenters. The van der Waals surface area contributed by atoms with Gasteiger partial charge in [0.1, 0.15) is 0 Å². The summed E-state index contributed by atoms with van der Waals surface area (Å²) in [5.74, 6) is 4.30. The number of carboxylic acid groups (broad SMARTS) is 1. The molecule has 0 aliphatic carbocycles. The van der Waals surface area contributed by atoms with Crippen molar-refractivity contribution in [1.29, 1.82) is 0 Å². The van der Waals surface area contributed by atoms with Gasteiger partial charge in [0.2, 0.25) is 0 Å². The van der Waals surface area contributed by atoms with Crippen molar-refractivity contribution in [3.05, 3.63) is 48.3 Å². The topological polar surface area (TPSA) is 95.8 Å². The Morgan fingerprint density at radius 3 is 2.36 bits per heavy atom. The molecule has 1 aromatic carbocycles. The fraction of sp³-hybridized carbons (Fsp3) is 0.438. The van der Waals surface area contributed by atoms with E-state index in [0.29, 0.717) is 0 Å². The van der Waals surface area contributed by atoms with Crippen molar-refractivity contribution in [3.63, 3.8) is 0 Å². The van der Waals surface area contributed by atoms with Crippen molar-refractivity contribution < 1.29 is 9.90 Å². The van der Waals surface area contributed by atoms with E-state index >= 15 is 0 Å². The molecule has 1 heterocycles. The van der Waals surface area contributed by atoms with Gasteiger partial charge in [-0.1, -0.05) is 30.3 Å². The van der Waals surface area contributed by atoms with Gasteiger partial charge >= 0.3 is 5.97 Å². The molecule has 22 heavy (non-hydrogen) atoms. The van der Waals surface area contributed by atoms with Crippen LogP contribution in [0.3, 0.4) is 0 Å². The zero-order chi connectivity index (χ0) is 16.4. The van der Waals surface area contributed by atoms with Crippen LogP contribution in [0.2, 0.25) is 0 Å². The van der Waals surface area contributed by atoms with Crippen molar-refractivity contribution in [2.45, 2.75) is 19.4 Å². The number of benzene rings is 1. The molecular weight excluding hydrogens is 280 g/mol. The summed E-state index contributed by atoms with van der Waals surface area (Å²) in [6.45, 7) is 2.73. The van der Waals surface area contributed by atoms with Crippen LogP contribution in [0.15, 0.2) is 42.7 Å². The summed E-state index contributed by atoms with van der Waals surface area (Å²) < 4.78 is 0. The molecule has 0 amide bonds. The lowest BCUT2D eigenvalue weighted by atomic mass is 9.97. The van der Waals surface area contributed by atoms with Crippen LogP contribution < -0.4 is 11.6 Å². The lowest BCUT2D eigenvalue weighted by molar-refractivity contribution is -0.143. The smallest absolute Gasteiger partial charge is 0.306 e. The molecule has 5 N–H and O–H groups in total. The van der Waals surface area contributed by atoms with Gasteiger partial charge in [0.15, 0.2) is 0 Å². The third-order valence-corrected chi connectivity index (χ3v) is 3.51. The van der Waals surface area contributed by atoms with E-state index in [-0.39, 0.29) is 5.92 Å². The van der Waals surface area contributed by atoms with Crippen molar-refractivity contribution in [2.24, 2.45) is 17.5 Å². The van der Waals surface area contributed by atoms with E-state index in [4.69, 9.17) is 16.7 Å². The van der Waals surface area contributed by atoms with Crippen LogP contribution >= 0.6 is 0 Å². The fourth-order valence-electron chi connectivity index (χ4n) is 2.32. The summed E-state index contributed by atoms with van der Waals surface area (Å²) in [6, 6.07) is 10.3. The average molecular weight is 306 g/mol. The predicted molar refractivity (Wildman–Crippen MR) is 87.4 cm³/mol. The summed E-state index contributed by atoms with van der Waals surface area (Å²) in [4.78, 5) is 13.1. The number of piperidine rings is 1. The molecular formula is C16H26N4O2. The Hall–Kier alpha value is -2.05. The zero-order valence-corrected chi connectivity index (χ0v) is 13.1. The van der Waals surface area contributed by atoms with Gasteiger partial charge in [0.05, 0.1) is 5.92 Å². The van der Waals surface area contributed by atoms with Crippen LogP contribution in [-0.4, -0.2) is 41.1 Å². The largest absolute Gasteiger partial charge is 0.481 e. The number of carbonyl (C=O) groups is 1. The normalized spacial score (nSPS) is 16.1.